The second-order valence-electron chi connectivity index (χ2n) is 7.54. The Labute approximate surface area is 164 Å². The zero-order chi connectivity index (χ0) is 20.0. The number of nitrogens with zero attached hydrogens (tertiary/aromatic N) is 2. The van der Waals surface area contributed by atoms with Crippen molar-refractivity contribution in [2.45, 2.75) is 32.6 Å². The standard InChI is InChI=1S/C22H25N3O3/c1-22(2,3)21-24-19(25-28-21)13-14-23-20(26)15-27-18-11-9-17(10-12-18)16-7-5-4-6-8-16/h4-12H,13-15H2,1-3H3,(H,23,26). The number of nitrogens with one attached hydrogen (secondary N) is 1. The molecule has 3 rings (SSSR count). The Bertz CT molecular complexity index is 897. The van der Waals surface area contributed by atoms with Gasteiger partial charge >= 0.3 is 0 Å². The van der Waals surface area contributed by atoms with Crippen LogP contribution in [0.15, 0.2) is 59.1 Å². The summed E-state index contributed by atoms with van der Waals surface area (Å²) in [5.41, 5.74) is 2.06. The van der Waals surface area contributed by atoms with Crippen molar-refractivity contribution in [1.29, 1.82) is 0 Å². The first-order valence-corrected chi connectivity index (χ1v) is 9.30. The van der Waals surface area contributed by atoms with E-state index in [4.69, 9.17) is 9.26 Å². The van der Waals surface area contributed by atoms with Crippen LogP contribution in [0.3, 0.4) is 0 Å². The number of carbonyl (C=O) groups excluding carboxylic acids is 1. The number of hydrogen-bond acceptors (Lipinski definition) is 5. The van der Waals surface area contributed by atoms with Crippen LogP contribution < -0.4 is 10.1 Å². The maximum atomic E-state index is 12.0. The molecule has 2 aromatic carbocycles. The predicted octanol–water partition coefficient (Wildman–Crippen LogP) is 3.77. The average molecular weight is 379 g/mol. The summed E-state index contributed by atoms with van der Waals surface area (Å²) in [4.78, 5) is 16.3. The van der Waals surface area contributed by atoms with Gasteiger partial charge in [0.1, 0.15) is 5.75 Å². The van der Waals surface area contributed by atoms with E-state index >= 15 is 0 Å². The van der Waals surface area contributed by atoms with Crippen LogP contribution in [-0.4, -0.2) is 29.2 Å². The SMILES string of the molecule is CC(C)(C)c1nc(CCNC(=O)COc2ccc(-c3ccccc3)cc2)no1. The Morgan fingerprint density at radius 1 is 1.04 bits per heavy atom. The molecule has 1 N–H and O–H groups in total. The van der Waals surface area contributed by atoms with E-state index in [2.05, 4.69) is 27.6 Å². The molecule has 0 aliphatic carbocycles. The minimum absolute atomic E-state index is 0.0375. The lowest BCUT2D eigenvalue weighted by Gasteiger charge is -2.10. The van der Waals surface area contributed by atoms with Crippen LogP contribution in [0, 0.1) is 0 Å². The molecule has 0 saturated carbocycles. The van der Waals surface area contributed by atoms with Crippen LogP contribution >= 0.6 is 0 Å². The third-order valence-electron chi connectivity index (χ3n) is 4.11. The van der Waals surface area contributed by atoms with Crippen molar-refractivity contribution < 1.29 is 14.1 Å². The van der Waals surface area contributed by atoms with Crippen molar-refractivity contribution in [2.75, 3.05) is 13.2 Å². The topological polar surface area (TPSA) is 77.2 Å². The van der Waals surface area contributed by atoms with Gasteiger partial charge in [0.15, 0.2) is 12.4 Å². The van der Waals surface area contributed by atoms with Crippen molar-refractivity contribution in [1.82, 2.24) is 15.5 Å². The highest BCUT2D eigenvalue weighted by Crippen LogP contribution is 2.22. The number of benzene rings is 2. The average Bonchev–Trinajstić information content (AvgIpc) is 3.17. The van der Waals surface area contributed by atoms with Gasteiger partial charge in [-0.2, -0.15) is 4.98 Å². The van der Waals surface area contributed by atoms with E-state index in [0.29, 0.717) is 30.4 Å². The van der Waals surface area contributed by atoms with Crippen molar-refractivity contribution in [3.8, 4) is 16.9 Å². The van der Waals surface area contributed by atoms with E-state index in [0.717, 1.165) is 11.1 Å². The number of hydrogen-bond donors (Lipinski definition) is 1. The summed E-state index contributed by atoms with van der Waals surface area (Å²) in [6.07, 6.45) is 0.511. The van der Waals surface area contributed by atoms with Gasteiger partial charge < -0.3 is 14.6 Å². The van der Waals surface area contributed by atoms with Gasteiger partial charge in [-0.1, -0.05) is 68.4 Å². The van der Waals surface area contributed by atoms with Crippen molar-refractivity contribution in [3.05, 3.63) is 66.3 Å². The minimum atomic E-state index is -0.188. The lowest BCUT2D eigenvalue weighted by atomic mass is 9.97. The third kappa shape index (κ3) is 5.42. The fourth-order valence-electron chi connectivity index (χ4n) is 2.55. The molecule has 1 aromatic heterocycles. The summed E-state index contributed by atoms with van der Waals surface area (Å²) in [5, 5.41) is 6.74. The minimum Gasteiger partial charge on any atom is -0.484 e. The Hall–Kier alpha value is -3.15. The van der Waals surface area contributed by atoms with E-state index in [-0.39, 0.29) is 17.9 Å². The summed E-state index contributed by atoms with van der Waals surface area (Å²) < 4.78 is 10.8. The first-order chi connectivity index (χ1) is 13.4. The Kier molecular flexibility index (Phi) is 6.09. The summed E-state index contributed by atoms with van der Waals surface area (Å²) in [5.74, 6) is 1.65. The maximum absolute atomic E-state index is 12.0. The molecule has 1 amide bonds. The Balaban J connectivity index is 1.41. The van der Waals surface area contributed by atoms with E-state index in [1.807, 2.05) is 63.2 Å². The molecule has 6 nitrogen and oxygen atoms in total. The molecule has 0 atom stereocenters. The third-order valence-corrected chi connectivity index (χ3v) is 4.11. The second kappa shape index (κ2) is 8.69. The lowest BCUT2D eigenvalue weighted by molar-refractivity contribution is -0.123. The van der Waals surface area contributed by atoms with E-state index in [9.17, 15) is 4.79 Å². The molecule has 1 heterocycles. The molecule has 0 bridgehead atoms. The summed E-state index contributed by atoms with van der Waals surface area (Å²) >= 11 is 0. The van der Waals surface area contributed by atoms with Crippen LogP contribution in [0.25, 0.3) is 11.1 Å². The molecular weight excluding hydrogens is 354 g/mol. The largest absolute Gasteiger partial charge is 0.484 e. The van der Waals surface area contributed by atoms with Gasteiger partial charge in [-0.25, -0.2) is 0 Å². The number of amides is 1. The highest BCUT2D eigenvalue weighted by molar-refractivity contribution is 5.77. The van der Waals surface area contributed by atoms with Gasteiger partial charge in [-0.15, -0.1) is 0 Å². The first-order valence-electron chi connectivity index (χ1n) is 9.30. The normalized spacial score (nSPS) is 11.2. The highest BCUT2D eigenvalue weighted by Gasteiger charge is 2.21. The molecule has 146 valence electrons. The van der Waals surface area contributed by atoms with Gasteiger partial charge in [0, 0.05) is 18.4 Å². The molecule has 0 unspecified atom stereocenters. The number of rotatable bonds is 7. The fourth-order valence-corrected chi connectivity index (χ4v) is 2.55. The van der Waals surface area contributed by atoms with Gasteiger partial charge in [0.05, 0.1) is 0 Å². The van der Waals surface area contributed by atoms with Gasteiger partial charge in [0.25, 0.3) is 5.91 Å². The molecule has 0 aliphatic rings. The van der Waals surface area contributed by atoms with Crippen LogP contribution in [0.1, 0.15) is 32.5 Å². The molecule has 6 heteroatoms. The predicted molar refractivity (Wildman–Crippen MR) is 107 cm³/mol. The van der Waals surface area contributed by atoms with Gasteiger partial charge in [-0.3, -0.25) is 4.79 Å². The molecule has 0 radical (unpaired) electrons. The van der Waals surface area contributed by atoms with Crippen LogP contribution in [0.5, 0.6) is 5.75 Å². The van der Waals surface area contributed by atoms with Crippen LogP contribution in [0.2, 0.25) is 0 Å². The molecule has 0 aliphatic heterocycles. The fraction of sp³-hybridized carbons (Fsp3) is 0.318. The zero-order valence-corrected chi connectivity index (χ0v) is 16.4. The monoisotopic (exact) mass is 379 g/mol. The van der Waals surface area contributed by atoms with E-state index in [1.165, 1.54) is 0 Å². The van der Waals surface area contributed by atoms with Crippen molar-refractivity contribution >= 4 is 5.91 Å². The summed E-state index contributed by atoms with van der Waals surface area (Å²) in [7, 11) is 0. The zero-order valence-electron chi connectivity index (χ0n) is 16.4. The molecule has 0 saturated heterocycles. The van der Waals surface area contributed by atoms with E-state index in [1.54, 1.807) is 0 Å². The Morgan fingerprint density at radius 2 is 1.71 bits per heavy atom. The van der Waals surface area contributed by atoms with Gasteiger partial charge in [0.2, 0.25) is 5.89 Å². The van der Waals surface area contributed by atoms with Crippen molar-refractivity contribution in [2.24, 2.45) is 0 Å². The number of ether oxygens (including phenoxy) is 1. The quantitative estimate of drug-likeness (QED) is 0.676. The second-order valence-corrected chi connectivity index (χ2v) is 7.54. The van der Waals surface area contributed by atoms with Crippen LogP contribution in [-0.2, 0) is 16.6 Å². The molecule has 0 spiro atoms. The van der Waals surface area contributed by atoms with Gasteiger partial charge in [-0.05, 0) is 23.3 Å². The summed E-state index contributed by atoms with van der Waals surface area (Å²) in [6, 6.07) is 17.8. The lowest BCUT2D eigenvalue weighted by Crippen LogP contribution is -2.30. The molecular formula is C22H25N3O3. The molecule has 28 heavy (non-hydrogen) atoms. The van der Waals surface area contributed by atoms with Crippen molar-refractivity contribution in [3.63, 3.8) is 0 Å². The smallest absolute Gasteiger partial charge is 0.257 e. The molecule has 0 fully saturated rings. The number of carbonyl (C=O) groups is 1. The van der Waals surface area contributed by atoms with Crippen LogP contribution in [0.4, 0.5) is 0 Å². The molecule has 3 aromatic rings. The van der Waals surface area contributed by atoms with E-state index < -0.39 is 0 Å². The summed E-state index contributed by atoms with van der Waals surface area (Å²) in [6.45, 7) is 6.42. The Morgan fingerprint density at radius 3 is 2.36 bits per heavy atom. The maximum Gasteiger partial charge on any atom is 0.257 e. The number of aromatic nitrogens is 2. The highest BCUT2D eigenvalue weighted by atomic mass is 16.5. The first kappa shape index (κ1) is 19.6.